The van der Waals surface area contributed by atoms with E-state index in [2.05, 4.69) is 9.88 Å². The quantitative estimate of drug-likeness (QED) is 0.751. The Bertz CT molecular complexity index is 873. The summed E-state index contributed by atoms with van der Waals surface area (Å²) in [5, 5.41) is 3.23. The van der Waals surface area contributed by atoms with E-state index in [0.717, 1.165) is 10.6 Å². The second-order valence-electron chi connectivity index (χ2n) is 6.31. The Kier molecular flexibility index (Phi) is 5.96. The summed E-state index contributed by atoms with van der Waals surface area (Å²) in [5.74, 6) is 0.0709. The highest BCUT2D eigenvalue weighted by Gasteiger charge is 2.24. The lowest BCUT2D eigenvalue weighted by molar-refractivity contribution is 0.0639. The number of carbonyl (C=O) groups excluding carboxylic acids is 1. The van der Waals surface area contributed by atoms with Gasteiger partial charge in [-0.1, -0.05) is 23.7 Å². The summed E-state index contributed by atoms with van der Waals surface area (Å²) >= 11 is 7.33. The molecule has 1 amide bonds. The van der Waals surface area contributed by atoms with Crippen molar-refractivity contribution in [2.45, 2.75) is 0 Å². The fraction of sp³-hybridized carbons (Fsp3) is 0.412. The minimum atomic E-state index is -2.96. The predicted octanol–water partition coefficient (Wildman–Crippen LogP) is 2.27. The van der Waals surface area contributed by atoms with Crippen molar-refractivity contribution in [1.29, 1.82) is 0 Å². The number of amides is 1. The summed E-state index contributed by atoms with van der Waals surface area (Å²) < 4.78 is 22.5. The van der Waals surface area contributed by atoms with Crippen LogP contribution in [0.3, 0.4) is 0 Å². The molecule has 3 rings (SSSR count). The summed E-state index contributed by atoms with van der Waals surface area (Å²) in [5.41, 5.74) is 1.38. The van der Waals surface area contributed by atoms with E-state index in [1.807, 2.05) is 12.1 Å². The maximum atomic E-state index is 12.7. The molecule has 140 valence electrons. The Morgan fingerprint density at radius 3 is 2.46 bits per heavy atom. The van der Waals surface area contributed by atoms with Crippen LogP contribution in [0.1, 0.15) is 10.5 Å². The first-order chi connectivity index (χ1) is 12.3. The maximum Gasteiger partial charge on any atom is 0.273 e. The zero-order valence-corrected chi connectivity index (χ0v) is 16.8. The van der Waals surface area contributed by atoms with Crippen LogP contribution in [0.5, 0.6) is 0 Å². The second kappa shape index (κ2) is 8.04. The molecule has 1 aliphatic heterocycles. The van der Waals surface area contributed by atoms with Gasteiger partial charge in [0.15, 0.2) is 0 Å². The smallest absolute Gasteiger partial charge is 0.273 e. The van der Waals surface area contributed by atoms with Crippen LogP contribution in [0.15, 0.2) is 29.6 Å². The Morgan fingerprint density at radius 1 is 1.19 bits per heavy atom. The highest BCUT2D eigenvalue weighted by molar-refractivity contribution is 7.90. The van der Waals surface area contributed by atoms with E-state index in [4.69, 9.17) is 11.6 Å². The molecule has 0 saturated carbocycles. The third-order valence-corrected chi connectivity index (χ3v) is 6.32. The van der Waals surface area contributed by atoms with Crippen LogP contribution < -0.4 is 0 Å². The van der Waals surface area contributed by atoms with Gasteiger partial charge in [0, 0.05) is 54.9 Å². The molecule has 1 fully saturated rings. The summed E-state index contributed by atoms with van der Waals surface area (Å²) in [7, 11) is -2.96. The third-order valence-electron chi connectivity index (χ3n) is 4.25. The lowest BCUT2D eigenvalue weighted by Crippen LogP contribution is -2.49. The third kappa shape index (κ3) is 5.03. The number of halogens is 1. The Balaban J connectivity index is 1.58. The average molecular weight is 414 g/mol. The van der Waals surface area contributed by atoms with E-state index in [1.54, 1.807) is 22.4 Å². The van der Waals surface area contributed by atoms with Gasteiger partial charge in [0.2, 0.25) is 0 Å². The fourth-order valence-corrected chi connectivity index (χ4v) is 4.24. The van der Waals surface area contributed by atoms with Crippen LogP contribution in [-0.4, -0.2) is 73.8 Å². The molecule has 0 unspecified atom stereocenters. The Labute approximate surface area is 162 Å². The second-order valence-corrected chi connectivity index (χ2v) is 9.86. The number of rotatable bonds is 5. The van der Waals surface area contributed by atoms with Crippen LogP contribution in [0.2, 0.25) is 5.02 Å². The molecule has 0 radical (unpaired) electrons. The summed E-state index contributed by atoms with van der Waals surface area (Å²) in [4.78, 5) is 21.0. The van der Waals surface area contributed by atoms with Gasteiger partial charge in [-0.2, -0.15) is 0 Å². The van der Waals surface area contributed by atoms with E-state index in [-0.39, 0.29) is 11.7 Å². The number of benzene rings is 1. The summed E-state index contributed by atoms with van der Waals surface area (Å²) in [6, 6.07) is 7.37. The van der Waals surface area contributed by atoms with Crippen LogP contribution in [0, 0.1) is 0 Å². The van der Waals surface area contributed by atoms with Crippen molar-refractivity contribution < 1.29 is 13.2 Å². The number of aromatic nitrogens is 1. The van der Waals surface area contributed by atoms with E-state index in [9.17, 15) is 13.2 Å². The first-order valence-electron chi connectivity index (χ1n) is 8.23. The number of nitrogens with zero attached hydrogens (tertiary/aromatic N) is 3. The molecule has 26 heavy (non-hydrogen) atoms. The lowest BCUT2D eigenvalue weighted by Gasteiger charge is -2.34. The van der Waals surface area contributed by atoms with Crippen LogP contribution >= 0.6 is 22.9 Å². The monoisotopic (exact) mass is 413 g/mol. The van der Waals surface area contributed by atoms with Crippen molar-refractivity contribution in [2.24, 2.45) is 0 Å². The molecular weight excluding hydrogens is 394 g/mol. The normalized spacial score (nSPS) is 16.0. The summed E-state index contributed by atoms with van der Waals surface area (Å²) in [6.07, 6.45) is 1.24. The molecule has 2 aromatic rings. The topological polar surface area (TPSA) is 70.6 Å². The van der Waals surface area contributed by atoms with Crippen molar-refractivity contribution in [3.63, 3.8) is 0 Å². The molecule has 1 saturated heterocycles. The highest BCUT2D eigenvalue weighted by Crippen LogP contribution is 2.25. The predicted molar refractivity (Wildman–Crippen MR) is 105 cm³/mol. The van der Waals surface area contributed by atoms with Crippen molar-refractivity contribution in [3.05, 3.63) is 40.4 Å². The van der Waals surface area contributed by atoms with Crippen LogP contribution in [0.4, 0.5) is 0 Å². The minimum absolute atomic E-state index is 0.0794. The van der Waals surface area contributed by atoms with E-state index in [1.165, 1.54) is 17.6 Å². The van der Waals surface area contributed by atoms with E-state index >= 15 is 0 Å². The fourth-order valence-electron chi connectivity index (χ4n) is 2.73. The number of thiazole rings is 1. The van der Waals surface area contributed by atoms with Gasteiger partial charge in [0.25, 0.3) is 5.91 Å². The number of piperazine rings is 1. The van der Waals surface area contributed by atoms with Gasteiger partial charge in [0.1, 0.15) is 20.5 Å². The number of hydrogen-bond acceptors (Lipinski definition) is 6. The largest absolute Gasteiger partial charge is 0.335 e. The molecule has 2 heterocycles. The minimum Gasteiger partial charge on any atom is -0.335 e. The molecule has 0 bridgehead atoms. The molecule has 1 aromatic carbocycles. The van der Waals surface area contributed by atoms with Gasteiger partial charge in [-0.05, 0) is 12.1 Å². The van der Waals surface area contributed by atoms with Crippen molar-refractivity contribution in [1.82, 2.24) is 14.8 Å². The standard InChI is InChI=1S/C17H20ClN3O3S2/c1-26(23,24)11-10-20-6-8-21(9-7-20)17(22)15-12-25-16(19-15)13-2-4-14(18)5-3-13/h2-5,12H,6-11H2,1H3. The van der Waals surface area contributed by atoms with Gasteiger partial charge in [-0.3, -0.25) is 9.69 Å². The molecule has 0 atom stereocenters. The molecular formula is C17H20ClN3O3S2. The Morgan fingerprint density at radius 2 is 1.85 bits per heavy atom. The molecule has 0 N–H and O–H groups in total. The van der Waals surface area contributed by atoms with Crippen molar-refractivity contribution in [2.75, 3.05) is 44.7 Å². The van der Waals surface area contributed by atoms with Gasteiger partial charge in [-0.25, -0.2) is 13.4 Å². The zero-order chi connectivity index (χ0) is 18.7. The summed E-state index contributed by atoms with van der Waals surface area (Å²) in [6.45, 7) is 3.02. The first-order valence-corrected chi connectivity index (χ1v) is 11.5. The lowest BCUT2D eigenvalue weighted by atomic mass is 10.2. The van der Waals surface area contributed by atoms with Gasteiger partial charge < -0.3 is 4.90 Å². The number of carbonyl (C=O) groups is 1. The zero-order valence-electron chi connectivity index (χ0n) is 14.4. The average Bonchev–Trinajstić information content (AvgIpc) is 3.10. The molecule has 0 aliphatic carbocycles. The highest BCUT2D eigenvalue weighted by atomic mass is 35.5. The molecule has 0 spiro atoms. The molecule has 1 aliphatic rings. The SMILES string of the molecule is CS(=O)(=O)CCN1CCN(C(=O)c2csc(-c3ccc(Cl)cc3)n2)CC1. The van der Waals surface area contributed by atoms with Gasteiger partial charge in [-0.15, -0.1) is 11.3 Å². The molecule has 9 heteroatoms. The van der Waals surface area contributed by atoms with Gasteiger partial charge in [0.05, 0.1) is 5.75 Å². The van der Waals surface area contributed by atoms with Crippen molar-refractivity contribution >= 4 is 38.7 Å². The van der Waals surface area contributed by atoms with Crippen LogP contribution in [-0.2, 0) is 9.84 Å². The van der Waals surface area contributed by atoms with Crippen LogP contribution in [0.25, 0.3) is 10.6 Å². The number of sulfone groups is 1. The van der Waals surface area contributed by atoms with Crippen molar-refractivity contribution in [3.8, 4) is 10.6 Å². The van der Waals surface area contributed by atoms with E-state index < -0.39 is 9.84 Å². The van der Waals surface area contributed by atoms with E-state index in [0.29, 0.717) is 43.4 Å². The number of hydrogen-bond donors (Lipinski definition) is 0. The molecule has 1 aromatic heterocycles. The first kappa shape index (κ1) is 19.3. The van der Waals surface area contributed by atoms with Gasteiger partial charge >= 0.3 is 0 Å². The maximum absolute atomic E-state index is 12.7. The molecule has 6 nitrogen and oxygen atoms in total. The Hall–Kier alpha value is -1.48.